The maximum Gasteiger partial charge on any atom is 0.305 e. The third kappa shape index (κ3) is 4.18. The summed E-state index contributed by atoms with van der Waals surface area (Å²) < 4.78 is 48.6. The summed E-state index contributed by atoms with van der Waals surface area (Å²) in [5.74, 6) is -2.18. The Morgan fingerprint density at radius 2 is 1.86 bits per heavy atom. The molecule has 0 fully saturated rings. The maximum atomic E-state index is 13.5. The first-order valence-corrected chi connectivity index (χ1v) is 7.87. The van der Waals surface area contributed by atoms with Crippen LogP contribution >= 0.6 is 0 Å². The van der Waals surface area contributed by atoms with Gasteiger partial charge < -0.3 is 5.32 Å². The largest absolute Gasteiger partial charge is 0.311 e. The molecule has 1 rings (SSSR count). The Kier molecular flexibility index (Phi) is 5.00. The van der Waals surface area contributed by atoms with Crippen LogP contribution in [0.5, 0.6) is 0 Å². The molecule has 118 valence electrons. The molecule has 0 spiro atoms. The normalized spacial score (nSPS) is 12.4. The fourth-order valence-corrected chi connectivity index (χ4v) is 1.85. The van der Waals surface area contributed by atoms with Crippen molar-refractivity contribution in [2.75, 3.05) is 12.8 Å². The first kappa shape index (κ1) is 17.4. The first-order valence-electron chi connectivity index (χ1n) is 5.98. The zero-order valence-electron chi connectivity index (χ0n) is 11.8. The van der Waals surface area contributed by atoms with Crippen molar-refractivity contribution in [2.24, 2.45) is 0 Å². The second-order valence-corrected chi connectivity index (χ2v) is 7.94. The molecule has 0 heterocycles. The molecule has 0 unspecified atom stereocenters. The van der Waals surface area contributed by atoms with Crippen LogP contribution in [0.4, 0.5) is 14.5 Å². The van der Waals surface area contributed by atoms with E-state index in [1.165, 1.54) is 13.8 Å². The van der Waals surface area contributed by atoms with Gasteiger partial charge in [0, 0.05) is 37.0 Å². The molecule has 0 amide bonds. The van der Waals surface area contributed by atoms with E-state index in [4.69, 9.17) is 0 Å². The van der Waals surface area contributed by atoms with Gasteiger partial charge in [-0.3, -0.25) is 10.1 Å². The van der Waals surface area contributed by atoms with Crippen LogP contribution in [-0.4, -0.2) is 30.9 Å². The number of nitrogens with one attached hydrogen (secondary N) is 1. The third-order valence-corrected chi connectivity index (χ3v) is 5.33. The Bertz CT molecular complexity index is 659. The number of nitro benzene ring substituents is 1. The number of nitro groups is 1. The third-order valence-electron chi connectivity index (χ3n) is 3.18. The van der Waals surface area contributed by atoms with Crippen LogP contribution < -0.4 is 5.32 Å². The van der Waals surface area contributed by atoms with Crippen molar-refractivity contribution in [1.29, 1.82) is 0 Å². The molecular weight excluding hydrogens is 306 g/mol. The van der Waals surface area contributed by atoms with E-state index < -0.39 is 36.8 Å². The van der Waals surface area contributed by atoms with Gasteiger partial charge in [0.2, 0.25) is 5.82 Å². The summed E-state index contributed by atoms with van der Waals surface area (Å²) in [5.41, 5.74) is -0.928. The summed E-state index contributed by atoms with van der Waals surface area (Å²) in [6.45, 7) is 2.87. The second-order valence-electron chi connectivity index (χ2n) is 5.29. The number of halogens is 2. The highest BCUT2D eigenvalue weighted by molar-refractivity contribution is 7.92. The molecule has 0 saturated carbocycles. The van der Waals surface area contributed by atoms with E-state index in [-0.39, 0.29) is 18.7 Å². The lowest BCUT2D eigenvalue weighted by Crippen LogP contribution is -2.41. The molecule has 1 aromatic rings. The lowest BCUT2D eigenvalue weighted by molar-refractivity contribution is -0.387. The quantitative estimate of drug-likeness (QED) is 0.637. The SMILES string of the molecule is CC(C)(CNCc1cc([N+](=O)[O-])c(F)cc1F)S(C)(=O)=O. The summed E-state index contributed by atoms with van der Waals surface area (Å²) in [4.78, 5) is 9.65. The number of hydrogen-bond donors (Lipinski definition) is 1. The molecule has 1 aromatic carbocycles. The van der Waals surface area contributed by atoms with Gasteiger partial charge in [0.25, 0.3) is 0 Å². The van der Waals surface area contributed by atoms with Gasteiger partial charge in [0.1, 0.15) is 5.82 Å². The number of nitrogens with zero attached hydrogens (tertiary/aromatic N) is 1. The van der Waals surface area contributed by atoms with Crippen LogP contribution in [0.1, 0.15) is 19.4 Å². The molecule has 0 bridgehead atoms. The summed E-state index contributed by atoms with van der Waals surface area (Å²) >= 11 is 0. The molecule has 0 atom stereocenters. The molecule has 0 aromatic heterocycles. The minimum absolute atomic E-state index is 0.0243. The molecule has 0 radical (unpaired) electrons. The number of sulfone groups is 1. The first-order chi connectivity index (χ1) is 9.45. The fourth-order valence-electron chi connectivity index (χ4n) is 1.49. The van der Waals surface area contributed by atoms with Crippen LogP contribution in [0.2, 0.25) is 0 Å². The van der Waals surface area contributed by atoms with E-state index in [0.29, 0.717) is 6.07 Å². The molecule has 0 aliphatic heterocycles. The molecule has 0 saturated heterocycles. The second kappa shape index (κ2) is 6.02. The van der Waals surface area contributed by atoms with Gasteiger partial charge in [-0.05, 0) is 13.8 Å². The van der Waals surface area contributed by atoms with E-state index >= 15 is 0 Å². The average molecular weight is 322 g/mol. The highest BCUT2D eigenvalue weighted by Gasteiger charge is 2.29. The van der Waals surface area contributed by atoms with Crippen molar-refractivity contribution >= 4 is 15.5 Å². The highest BCUT2D eigenvalue weighted by atomic mass is 32.2. The van der Waals surface area contributed by atoms with Crippen molar-refractivity contribution in [1.82, 2.24) is 5.32 Å². The summed E-state index contributed by atoms with van der Waals surface area (Å²) in [6.07, 6.45) is 1.08. The van der Waals surface area contributed by atoms with E-state index in [2.05, 4.69) is 5.32 Å². The molecule has 0 aliphatic rings. The summed E-state index contributed by atoms with van der Waals surface area (Å²) in [5, 5.41) is 13.3. The van der Waals surface area contributed by atoms with Gasteiger partial charge in [0.15, 0.2) is 9.84 Å². The molecule has 9 heteroatoms. The Hall–Kier alpha value is -1.61. The lowest BCUT2D eigenvalue weighted by Gasteiger charge is -2.22. The van der Waals surface area contributed by atoms with Crippen LogP contribution in [0.25, 0.3) is 0 Å². The van der Waals surface area contributed by atoms with Gasteiger partial charge in [-0.15, -0.1) is 0 Å². The molecule has 1 N–H and O–H groups in total. The lowest BCUT2D eigenvalue weighted by atomic mass is 10.1. The summed E-state index contributed by atoms with van der Waals surface area (Å²) in [6, 6.07) is 1.24. The van der Waals surface area contributed by atoms with E-state index in [1.54, 1.807) is 0 Å². The average Bonchev–Trinajstić information content (AvgIpc) is 2.29. The zero-order chi connectivity index (χ0) is 16.4. The van der Waals surface area contributed by atoms with Gasteiger partial charge in [-0.25, -0.2) is 12.8 Å². The molecule has 0 aliphatic carbocycles. The van der Waals surface area contributed by atoms with Crippen molar-refractivity contribution in [2.45, 2.75) is 25.1 Å². The molecule has 21 heavy (non-hydrogen) atoms. The van der Waals surface area contributed by atoms with Gasteiger partial charge in [-0.1, -0.05) is 0 Å². The van der Waals surface area contributed by atoms with Crippen LogP contribution in [0.15, 0.2) is 12.1 Å². The Balaban J connectivity index is 2.86. The van der Waals surface area contributed by atoms with Crippen molar-refractivity contribution in [3.05, 3.63) is 39.4 Å². The van der Waals surface area contributed by atoms with Crippen molar-refractivity contribution in [3.63, 3.8) is 0 Å². The minimum atomic E-state index is -3.32. The van der Waals surface area contributed by atoms with Gasteiger partial charge in [0.05, 0.1) is 9.67 Å². The number of hydrogen-bond acceptors (Lipinski definition) is 5. The standard InChI is InChI=1S/C12H16F2N2O4S/c1-12(2,21(3,19)20)7-15-6-8-4-11(16(17)18)10(14)5-9(8)13/h4-5,15H,6-7H2,1-3H3. The Morgan fingerprint density at radius 1 is 1.29 bits per heavy atom. The zero-order valence-corrected chi connectivity index (χ0v) is 12.6. The van der Waals surface area contributed by atoms with E-state index in [1.807, 2.05) is 0 Å². The highest BCUT2D eigenvalue weighted by Crippen LogP contribution is 2.21. The predicted octanol–water partition coefficient (Wildman–Crippen LogP) is 1.79. The predicted molar refractivity (Wildman–Crippen MR) is 73.6 cm³/mol. The number of benzene rings is 1. The van der Waals surface area contributed by atoms with Gasteiger partial charge >= 0.3 is 5.69 Å². The summed E-state index contributed by atoms with van der Waals surface area (Å²) in [7, 11) is -3.32. The van der Waals surface area contributed by atoms with Crippen molar-refractivity contribution in [3.8, 4) is 0 Å². The monoisotopic (exact) mass is 322 g/mol. The Morgan fingerprint density at radius 3 is 2.33 bits per heavy atom. The fraction of sp³-hybridized carbons (Fsp3) is 0.500. The van der Waals surface area contributed by atoms with Gasteiger partial charge in [-0.2, -0.15) is 4.39 Å². The minimum Gasteiger partial charge on any atom is -0.311 e. The topological polar surface area (TPSA) is 89.3 Å². The van der Waals surface area contributed by atoms with Crippen molar-refractivity contribution < 1.29 is 22.1 Å². The van der Waals surface area contributed by atoms with E-state index in [0.717, 1.165) is 12.3 Å². The van der Waals surface area contributed by atoms with E-state index in [9.17, 15) is 27.3 Å². The van der Waals surface area contributed by atoms with Crippen LogP contribution in [0, 0.1) is 21.7 Å². The number of rotatable bonds is 6. The van der Waals surface area contributed by atoms with Crippen LogP contribution in [-0.2, 0) is 16.4 Å². The smallest absolute Gasteiger partial charge is 0.305 e. The molecule has 6 nitrogen and oxygen atoms in total. The molecular formula is C12H16F2N2O4S. The van der Waals surface area contributed by atoms with Crippen LogP contribution in [0.3, 0.4) is 0 Å². The Labute approximate surface area is 121 Å². The maximum absolute atomic E-state index is 13.5.